The van der Waals surface area contributed by atoms with Crippen LogP contribution in [0.3, 0.4) is 0 Å². The standard InChI is InChI=1S/C21H22ClFN2O2/c22-16-3-1-14(2-4-16)20(26)13-24-10-9-21(27)25(18-6-7-18)12-15-11-17(23)5-8-19(15)24/h1-5,8,11,18,20,26H,6-7,9-10,12-13H2. The van der Waals surface area contributed by atoms with E-state index in [4.69, 9.17) is 11.6 Å². The van der Waals surface area contributed by atoms with Gasteiger partial charge in [0.1, 0.15) is 5.82 Å². The summed E-state index contributed by atoms with van der Waals surface area (Å²) < 4.78 is 13.9. The minimum absolute atomic E-state index is 0.0957. The van der Waals surface area contributed by atoms with Gasteiger partial charge in [0.15, 0.2) is 0 Å². The maximum absolute atomic E-state index is 13.9. The number of aliphatic hydroxyl groups is 1. The Morgan fingerprint density at radius 2 is 1.93 bits per heavy atom. The second-order valence-corrected chi connectivity index (χ2v) is 7.73. The molecule has 1 atom stereocenters. The zero-order chi connectivity index (χ0) is 19.0. The quantitative estimate of drug-likeness (QED) is 0.863. The van der Waals surface area contributed by atoms with E-state index in [1.54, 1.807) is 30.3 Å². The molecule has 142 valence electrons. The van der Waals surface area contributed by atoms with Gasteiger partial charge in [-0.1, -0.05) is 23.7 Å². The number of fused-ring (bicyclic) bond motifs is 1. The smallest absolute Gasteiger partial charge is 0.224 e. The highest BCUT2D eigenvalue weighted by Crippen LogP contribution is 2.34. The Hall–Kier alpha value is -2.11. The Balaban J connectivity index is 1.61. The highest BCUT2D eigenvalue weighted by Gasteiger charge is 2.34. The van der Waals surface area contributed by atoms with Crippen molar-refractivity contribution in [3.63, 3.8) is 0 Å². The van der Waals surface area contributed by atoms with Crippen molar-refractivity contribution in [2.45, 2.75) is 38.0 Å². The number of amides is 1. The summed E-state index contributed by atoms with van der Waals surface area (Å²) in [5.74, 6) is -0.214. The van der Waals surface area contributed by atoms with Crippen LogP contribution in [0, 0.1) is 5.82 Å². The maximum Gasteiger partial charge on any atom is 0.224 e. The molecule has 1 amide bonds. The molecule has 0 bridgehead atoms. The summed E-state index contributed by atoms with van der Waals surface area (Å²) in [5.41, 5.74) is 2.43. The number of aliphatic hydroxyl groups excluding tert-OH is 1. The number of β-amino-alcohol motifs (C(OH)–C–C–N with tert-alkyl or cyclic N) is 1. The van der Waals surface area contributed by atoms with Crippen LogP contribution >= 0.6 is 11.6 Å². The molecule has 1 N–H and O–H groups in total. The van der Waals surface area contributed by atoms with Crippen LogP contribution in [0.2, 0.25) is 5.02 Å². The van der Waals surface area contributed by atoms with Crippen molar-refractivity contribution in [3.05, 3.63) is 64.4 Å². The van der Waals surface area contributed by atoms with Crippen molar-refractivity contribution in [2.24, 2.45) is 0 Å². The molecule has 1 heterocycles. The summed E-state index contributed by atoms with van der Waals surface area (Å²) in [5, 5.41) is 11.3. The minimum Gasteiger partial charge on any atom is -0.387 e. The Kier molecular flexibility index (Phi) is 5.06. The lowest BCUT2D eigenvalue weighted by atomic mass is 10.0. The molecule has 1 saturated carbocycles. The summed E-state index contributed by atoms with van der Waals surface area (Å²) >= 11 is 5.92. The molecule has 0 spiro atoms. The number of benzene rings is 2. The van der Waals surface area contributed by atoms with Gasteiger partial charge in [-0.2, -0.15) is 0 Å². The molecule has 1 aliphatic carbocycles. The summed E-state index contributed by atoms with van der Waals surface area (Å²) in [7, 11) is 0. The lowest BCUT2D eigenvalue weighted by Gasteiger charge is -2.34. The van der Waals surface area contributed by atoms with E-state index < -0.39 is 6.10 Å². The SMILES string of the molecule is O=C1CCN(CC(O)c2ccc(Cl)cc2)c2ccc(F)cc2CN1C1CC1. The van der Waals surface area contributed by atoms with E-state index in [0.29, 0.717) is 37.1 Å². The number of carbonyl (C=O) groups is 1. The van der Waals surface area contributed by atoms with Gasteiger partial charge >= 0.3 is 0 Å². The van der Waals surface area contributed by atoms with E-state index in [1.807, 2.05) is 9.80 Å². The van der Waals surface area contributed by atoms with Gasteiger partial charge in [0, 0.05) is 42.8 Å². The highest BCUT2D eigenvalue weighted by molar-refractivity contribution is 6.30. The molecule has 2 aromatic carbocycles. The van der Waals surface area contributed by atoms with Crippen molar-refractivity contribution in [1.29, 1.82) is 0 Å². The molecular formula is C21H22ClFN2O2. The molecule has 0 saturated heterocycles. The molecular weight excluding hydrogens is 367 g/mol. The average molecular weight is 389 g/mol. The van der Waals surface area contributed by atoms with Gasteiger partial charge in [-0.15, -0.1) is 0 Å². The first kappa shape index (κ1) is 18.3. The predicted molar refractivity (Wildman–Crippen MR) is 103 cm³/mol. The first-order valence-electron chi connectivity index (χ1n) is 9.27. The lowest BCUT2D eigenvalue weighted by Crippen LogP contribution is -2.40. The second kappa shape index (κ2) is 7.49. The van der Waals surface area contributed by atoms with Crippen LogP contribution in [-0.2, 0) is 11.3 Å². The fourth-order valence-electron chi connectivity index (χ4n) is 3.66. The van der Waals surface area contributed by atoms with Gasteiger partial charge < -0.3 is 14.9 Å². The second-order valence-electron chi connectivity index (χ2n) is 7.29. The van der Waals surface area contributed by atoms with Crippen LogP contribution in [0.4, 0.5) is 10.1 Å². The van der Waals surface area contributed by atoms with E-state index >= 15 is 0 Å². The molecule has 0 radical (unpaired) electrons. The molecule has 0 aromatic heterocycles. The molecule has 1 aliphatic heterocycles. The molecule has 4 rings (SSSR count). The van der Waals surface area contributed by atoms with Crippen LogP contribution in [0.15, 0.2) is 42.5 Å². The number of hydrogen-bond donors (Lipinski definition) is 1. The molecule has 1 fully saturated rings. The summed E-state index contributed by atoms with van der Waals surface area (Å²) in [4.78, 5) is 16.5. The molecule has 1 unspecified atom stereocenters. The first-order valence-corrected chi connectivity index (χ1v) is 9.65. The number of hydrogen-bond acceptors (Lipinski definition) is 3. The first-order chi connectivity index (χ1) is 13.0. The maximum atomic E-state index is 13.9. The van der Waals surface area contributed by atoms with E-state index in [9.17, 15) is 14.3 Å². The number of halogens is 2. The molecule has 4 nitrogen and oxygen atoms in total. The molecule has 27 heavy (non-hydrogen) atoms. The third kappa shape index (κ3) is 4.09. The fourth-order valence-corrected chi connectivity index (χ4v) is 3.79. The molecule has 2 aliphatic rings. The van der Waals surface area contributed by atoms with E-state index in [2.05, 4.69) is 0 Å². The Bertz CT molecular complexity index is 839. The van der Waals surface area contributed by atoms with Crippen molar-refractivity contribution >= 4 is 23.2 Å². The zero-order valence-corrected chi connectivity index (χ0v) is 15.7. The Morgan fingerprint density at radius 3 is 2.63 bits per heavy atom. The molecule has 6 heteroatoms. The average Bonchev–Trinajstić information content (AvgIpc) is 3.47. The van der Waals surface area contributed by atoms with Gasteiger partial charge in [-0.05, 0) is 54.3 Å². The van der Waals surface area contributed by atoms with Crippen LogP contribution in [0.5, 0.6) is 0 Å². The number of nitrogens with zero attached hydrogens (tertiary/aromatic N) is 2. The van der Waals surface area contributed by atoms with Crippen LogP contribution in [0.25, 0.3) is 0 Å². The van der Waals surface area contributed by atoms with Gasteiger partial charge in [-0.25, -0.2) is 4.39 Å². The summed E-state index contributed by atoms with van der Waals surface area (Å²) in [6.45, 7) is 1.24. The number of carbonyl (C=O) groups excluding carboxylic acids is 1. The van der Waals surface area contributed by atoms with Crippen molar-refractivity contribution < 1.29 is 14.3 Å². The molecule has 2 aromatic rings. The van der Waals surface area contributed by atoms with Gasteiger partial charge in [0.2, 0.25) is 5.91 Å². The van der Waals surface area contributed by atoms with Gasteiger partial charge in [0.05, 0.1) is 6.10 Å². The van der Waals surface area contributed by atoms with Crippen LogP contribution < -0.4 is 4.90 Å². The van der Waals surface area contributed by atoms with Crippen LogP contribution in [0.1, 0.15) is 36.5 Å². The monoisotopic (exact) mass is 388 g/mol. The van der Waals surface area contributed by atoms with Crippen molar-refractivity contribution in [2.75, 3.05) is 18.0 Å². The van der Waals surface area contributed by atoms with Gasteiger partial charge in [0.25, 0.3) is 0 Å². The summed E-state index contributed by atoms with van der Waals surface area (Å²) in [6.07, 6.45) is 1.71. The minimum atomic E-state index is -0.728. The third-order valence-electron chi connectivity index (χ3n) is 5.27. The third-order valence-corrected chi connectivity index (χ3v) is 5.53. The van der Waals surface area contributed by atoms with Gasteiger partial charge in [-0.3, -0.25) is 4.79 Å². The van der Waals surface area contributed by atoms with E-state index in [1.165, 1.54) is 12.1 Å². The largest absolute Gasteiger partial charge is 0.387 e. The predicted octanol–water partition coefficient (Wildman–Crippen LogP) is 3.91. The zero-order valence-electron chi connectivity index (χ0n) is 14.9. The van der Waals surface area contributed by atoms with Crippen molar-refractivity contribution in [1.82, 2.24) is 4.90 Å². The summed E-state index contributed by atoms with van der Waals surface area (Å²) in [6, 6.07) is 12.1. The highest BCUT2D eigenvalue weighted by atomic mass is 35.5. The number of anilines is 1. The Morgan fingerprint density at radius 1 is 1.19 bits per heavy atom. The van der Waals surface area contributed by atoms with E-state index in [-0.39, 0.29) is 11.7 Å². The van der Waals surface area contributed by atoms with Crippen LogP contribution in [-0.4, -0.2) is 35.0 Å². The topological polar surface area (TPSA) is 43.8 Å². The fraction of sp³-hybridized carbons (Fsp3) is 0.381. The Labute approximate surface area is 163 Å². The number of rotatable bonds is 4. The van der Waals surface area contributed by atoms with E-state index in [0.717, 1.165) is 29.7 Å². The normalized spacial score (nSPS) is 18.7. The van der Waals surface area contributed by atoms with Crippen molar-refractivity contribution in [3.8, 4) is 0 Å². The lowest BCUT2D eigenvalue weighted by molar-refractivity contribution is -0.132.